The van der Waals surface area contributed by atoms with Crippen LogP contribution in [0.5, 0.6) is 0 Å². The number of rotatable bonds is 6. The van der Waals surface area contributed by atoms with Crippen LogP contribution in [0.1, 0.15) is 45.2 Å². The van der Waals surface area contributed by atoms with E-state index in [0.29, 0.717) is 6.04 Å². The van der Waals surface area contributed by atoms with Crippen LogP contribution in [0.15, 0.2) is 18.2 Å². The van der Waals surface area contributed by atoms with Gasteiger partial charge >= 0.3 is 0 Å². The van der Waals surface area contributed by atoms with Gasteiger partial charge in [-0.15, -0.1) is 0 Å². The van der Waals surface area contributed by atoms with E-state index in [0.717, 1.165) is 24.1 Å². The van der Waals surface area contributed by atoms with Crippen molar-refractivity contribution in [2.45, 2.75) is 45.7 Å². The van der Waals surface area contributed by atoms with Gasteiger partial charge in [-0.3, -0.25) is 0 Å². The number of anilines is 1. The third-order valence-corrected chi connectivity index (χ3v) is 3.64. The van der Waals surface area contributed by atoms with Gasteiger partial charge in [0, 0.05) is 30.4 Å². The molecular weight excluding hydrogens is 227 g/mol. The predicted molar refractivity (Wildman–Crippen MR) is 76.6 cm³/mol. The van der Waals surface area contributed by atoms with E-state index < -0.39 is 0 Å². The highest BCUT2D eigenvalue weighted by atomic mass is 19.1. The summed E-state index contributed by atoms with van der Waals surface area (Å²) in [5.41, 5.74) is 1.74. The topological polar surface area (TPSA) is 15.3 Å². The van der Waals surface area contributed by atoms with Crippen LogP contribution in [-0.4, -0.2) is 20.1 Å². The quantitative estimate of drug-likeness (QED) is 0.830. The van der Waals surface area contributed by atoms with E-state index in [2.05, 4.69) is 24.1 Å². The summed E-state index contributed by atoms with van der Waals surface area (Å²) in [6, 6.07) is 5.74. The van der Waals surface area contributed by atoms with Crippen molar-refractivity contribution >= 4 is 5.69 Å². The molecule has 0 aliphatic rings. The van der Waals surface area contributed by atoms with Crippen LogP contribution >= 0.6 is 0 Å². The Bertz CT molecular complexity index is 379. The van der Waals surface area contributed by atoms with Crippen molar-refractivity contribution in [3.63, 3.8) is 0 Å². The third kappa shape index (κ3) is 3.22. The minimum atomic E-state index is -0.134. The van der Waals surface area contributed by atoms with Gasteiger partial charge in [0.25, 0.3) is 0 Å². The largest absolute Gasteiger partial charge is 0.372 e. The lowest BCUT2D eigenvalue weighted by molar-refractivity contribution is 0.553. The molecular formula is C15H25FN2. The fourth-order valence-electron chi connectivity index (χ4n) is 2.26. The van der Waals surface area contributed by atoms with Crippen LogP contribution in [0.25, 0.3) is 0 Å². The first-order valence-electron chi connectivity index (χ1n) is 6.71. The van der Waals surface area contributed by atoms with Crippen LogP contribution in [0.3, 0.4) is 0 Å². The zero-order valence-corrected chi connectivity index (χ0v) is 12.1. The number of hydrogen-bond acceptors (Lipinski definition) is 2. The molecule has 0 saturated carbocycles. The van der Waals surface area contributed by atoms with Crippen molar-refractivity contribution < 1.29 is 4.39 Å². The normalized spacial score (nSPS) is 14.3. The molecule has 1 N–H and O–H groups in total. The van der Waals surface area contributed by atoms with Crippen molar-refractivity contribution in [3.05, 3.63) is 29.6 Å². The SMILES string of the molecule is CCCC(C)N(C)c1cccc(F)c1C(C)NC. The first-order valence-corrected chi connectivity index (χ1v) is 6.71. The van der Waals surface area contributed by atoms with E-state index in [1.807, 2.05) is 27.1 Å². The minimum absolute atomic E-state index is 0.0116. The molecule has 1 rings (SSSR count). The second-order valence-electron chi connectivity index (χ2n) is 4.93. The molecule has 0 saturated heterocycles. The lowest BCUT2D eigenvalue weighted by atomic mass is 10.0. The minimum Gasteiger partial charge on any atom is -0.372 e. The van der Waals surface area contributed by atoms with Gasteiger partial charge < -0.3 is 10.2 Å². The smallest absolute Gasteiger partial charge is 0.130 e. The maximum atomic E-state index is 14.0. The average Bonchev–Trinajstić information content (AvgIpc) is 2.37. The number of nitrogens with zero attached hydrogens (tertiary/aromatic N) is 1. The lowest BCUT2D eigenvalue weighted by Crippen LogP contribution is -2.31. The zero-order chi connectivity index (χ0) is 13.7. The van der Waals surface area contributed by atoms with Gasteiger partial charge in [-0.1, -0.05) is 19.4 Å². The number of nitrogens with one attached hydrogen (secondary N) is 1. The summed E-state index contributed by atoms with van der Waals surface area (Å²) in [6.45, 7) is 6.34. The van der Waals surface area contributed by atoms with E-state index >= 15 is 0 Å². The van der Waals surface area contributed by atoms with Gasteiger partial charge in [0.2, 0.25) is 0 Å². The Hall–Kier alpha value is -1.09. The second-order valence-corrected chi connectivity index (χ2v) is 4.93. The Labute approximate surface area is 110 Å². The molecule has 18 heavy (non-hydrogen) atoms. The van der Waals surface area contributed by atoms with E-state index in [4.69, 9.17) is 0 Å². The fraction of sp³-hybridized carbons (Fsp3) is 0.600. The Balaban J connectivity index is 3.11. The van der Waals surface area contributed by atoms with Crippen molar-refractivity contribution in [3.8, 4) is 0 Å². The molecule has 0 spiro atoms. The molecule has 0 aliphatic heterocycles. The Morgan fingerprint density at radius 3 is 2.56 bits per heavy atom. The number of benzene rings is 1. The maximum Gasteiger partial charge on any atom is 0.130 e. The second kappa shape index (κ2) is 6.74. The van der Waals surface area contributed by atoms with Crippen molar-refractivity contribution in [2.24, 2.45) is 0 Å². The molecule has 2 nitrogen and oxygen atoms in total. The van der Waals surface area contributed by atoms with Crippen LogP contribution in [0, 0.1) is 5.82 Å². The van der Waals surface area contributed by atoms with Crippen LogP contribution in [-0.2, 0) is 0 Å². The molecule has 102 valence electrons. The number of halogens is 1. The van der Waals surface area contributed by atoms with Crippen molar-refractivity contribution in [1.82, 2.24) is 5.32 Å². The predicted octanol–water partition coefficient (Wildman–Crippen LogP) is 3.73. The van der Waals surface area contributed by atoms with E-state index in [1.54, 1.807) is 6.07 Å². The van der Waals surface area contributed by atoms with Crippen LogP contribution < -0.4 is 10.2 Å². The lowest BCUT2D eigenvalue weighted by Gasteiger charge is -2.30. The monoisotopic (exact) mass is 252 g/mol. The van der Waals surface area contributed by atoms with Gasteiger partial charge in [0.05, 0.1) is 0 Å². The average molecular weight is 252 g/mol. The van der Waals surface area contributed by atoms with Crippen LogP contribution in [0.4, 0.5) is 10.1 Å². The van der Waals surface area contributed by atoms with Gasteiger partial charge in [0.15, 0.2) is 0 Å². The highest BCUT2D eigenvalue weighted by Crippen LogP contribution is 2.29. The first-order chi connectivity index (χ1) is 8.52. The van der Waals surface area contributed by atoms with Crippen molar-refractivity contribution in [1.29, 1.82) is 0 Å². The van der Waals surface area contributed by atoms with E-state index in [1.165, 1.54) is 6.07 Å². The number of hydrogen-bond donors (Lipinski definition) is 1. The highest BCUT2D eigenvalue weighted by Gasteiger charge is 2.19. The highest BCUT2D eigenvalue weighted by molar-refractivity contribution is 5.55. The summed E-state index contributed by atoms with van der Waals surface area (Å²) < 4.78 is 14.0. The van der Waals surface area contributed by atoms with Gasteiger partial charge in [-0.25, -0.2) is 4.39 Å². The maximum absolute atomic E-state index is 14.0. The molecule has 1 aromatic carbocycles. The molecule has 0 aromatic heterocycles. The Morgan fingerprint density at radius 1 is 1.33 bits per heavy atom. The summed E-state index contributed by atoms with van der Waals surface area (Å²) in [4.78, 5) is 2.18. The van der Waals surface area contributed by atoms with Gasteiger partial charge in [-0.05, 0) is 39.4 Å². The molecule has 3 heteroatoms. The molecule has 0 radical (unpaired) electrons. The molecule has 0 heterocycles. The summed E-state index contributed by atoms with van der Waals surface area (Å²) >= 11 is 0. The summed E-state index contributed by atoms with van der Waals surface area (Å²) in [5.74, 6) is -0.134. The molecule has 1 aromatic rings. The summed E-state index contributed by atoms with van der Waals surface area (Å²) in [5, 5.41) is 3.12. The van der Waals surface area contributed by atoms with E-state index in [-0.39, 0.29) is 11.9 Å². The third-order valence-electron chi connectivity index (χ3n) is 3.64. The molecule has 0 fully saturated rings. The zero-order valence-electron chi connectivity index (χ0n) is 12.1. The van der Waals surface area contributed by atoms with E-state index in [9.17, 15) is 4.39 Å². The first kappa shape index (κ1) is 15.0. The Morgan fingerprint density at radius 2 is 2.00 bits per heavy atom. The molecule has 0 bridgehead atoms. The van der Waals surface area contributed by atoms with Gasteiger partial charge in [-0.2, -0.15) is 0 Å². The molecule has 0 aliphatic carbocycles. The summed E-state index contributed by atoms with van der Waals surface area (Å²) in [7, 11) is 3.90. The standard InChI is InChI=1S/C15H25FN2/c1-6-8-11(2)18(5)14-10-7-9-13(16)15(14)12(3)17-4/h7,9-12,17H,6,8H2,1-5H3. The molecule has 0 amide bonds. The van der Waals surface area contributed by atoms with Crippen molar-refractivity contribution in [2.75, 3.05) is 19.0 Å². The molecule has 2 atom stereocenters. The fourth-order valence-corrected chi connectivity index (χ4v) is 2.26. The van der Waals surface area contributed by atoms with Crippen LogP contribution in [0.2, 0.25) is 0 Å². The van der Waals surface area contributed by atoms with Gasteiger partial charge in [0.1, 0.15) is 5.82 Å². The molecule has 2 unspecified atom stereocenters. The Kier molecular flexibility index (Phi) is 5.60. The summed E-state index contributed by atoms with van der Waals surface area (Å²) in [6.07, 6.45) is 2.25.